The molecule has 9 heteroatoms. The molecule has 0 aliphatic rings. The number of carboxylic acid groups (broad SMARTS) is 1. The number of aliphatic hydroxyl groups is 1. The van der Waals surface area contributed by atoms with Crippen molar-refractivity contribution in [1.29, 1.82) is 5.41 Å². The van der Waals surface area contributed by atoms with Crippen molar-refractivity contribution in [3.8, 4) is 5.75 Å². The highest BCUT2D eigenvalue weighted by atomic mass is 35.5. The average molecular weight is 428 g/mol. The van der Waals surface area contributed by atoms with Gasteiger partial charge in [0.15, 0.2) is 6.04 Å². The Morgan fingerprint density at radius 2 is 1.96 bits per heavy atom. The smallest absolute Gasteiger partial charge is 0.330 e. The van der Waals surface area contributed by atoms with Gasteiger partial charge in [-0.2, -0.15) is 0 Å². The SMILES string of the molecule is CCc1cc(Cl)cc(C(Nc2ccc(C(=N)N)cc2)C(=O)O)c1OCCO.Cl. The number of carboxylic acids is 1. The van der Waals surface area contributed by atoms with Crippen molar-refractivity contribution in [3.05, 3.63) is 58.1 Å². The molecule has 0 heterocycles. The van der Waals surface area contributed by atoms with E-state index in [1.165, 1.54) is 0 Å². The molecule has 0 saturated heterocycles. The van der Waals surface area contributed by atoms with Crippen molar-refractivity contribution < 1.29 is 19.7 Å². The first-order valence-electron chi connectivity index (χ1n) is 8.37. The first-order valence-corrected chi connectivity index (χ1v) is 8.75. The van der Waals surface area contributed by atoms with Crippen molar-refractivity contribution in [2.45, 2.75) is 19.4 Å². The quantitative estimate of drug-likeness (QED) is 0.308. The summed E-state index contributed by atoms with van der Waals surface area (Å²) in [5.41, 5.74) is 7.64. The van der Waals surface area contributed by atoms with Crippen LogP contribution in [0, 0.1) is 5.41 Å². The van der Waals surface area contributed by atoms with E-state index in [0.29, 0.717) is 34.0 Å². The molecule has 0 amide bonds. The second-order valence-electron chi connectivity index (χ2n) is 5.82. The van der Waals surface area contributed by atoms with Crippen LogP contribution in [-0.4, -0.2) is 35.2 Å². The minimum Gasteiger partial charge on any atom is -0.491 e. The lowest BCUT2D eigenvalue weighted by Gasteiger charge is -2.22. The number of nitrogens with one attached hydrogen (secondary N) is 2. The first kappa shape index (κ1) is 23.6. The molecule has 0 spiro atoms. The molecule has 6 N–H and O–H groups in total. The summed E-state index contributed by atoms with van der Waals surface area (Å²) in [6.45, 7) is 1.76. The summed E-state index contributed by atoms with van der Waals surface area (Å²) in [6, 6.07) is 8.69. The Morgan fingerprint density at radius 3 is 2.46 bits per heavy atom. The van der Waals surface area contributed by atoms with Gasteiger partial charge in [0.1, 0.15) is 18.2 Å². The van der Waals surface area contributed by atoms with E-state index in [1.54, 1.807) is 36.4 Å². The molecule has 0 bridgehead atoms. The Morgan fingerprint density at radius 1 is 1.32 bits per heavy atom. The summed E-state index contributed by atoms with van der Waals surface area (Å²) < 4.78 is 5.63. The molecule has 0 fully saturated rings. The van der Waals surface area contributed by atoms with Crippen molar-refractivity contribution >= 4 is 41.5 Å². The number of halogens is 2. The summed E-state index contributed by atoms with van der Waals surface area (Å²) in [7, 11) is 0. The summed E-state index contributed by atoms with van der Waals surface area (Å²) in [6.07, 6.45) is 0.591. The van der Waals surface area contributed by atoms with Crippen LogP contribution in [0.1, 0.15) is 29.7 Å². The monoisotopic (exact) mass is 427 g/mol. The lowest BCUT2D eigenvalue weighted by Crippen LogP contribution is -2.22. The number of aliphatic carboxylic acids is 1. The van der Waals surface area contributed by atoms with E-state index in [4.69, 9.17) is 32.6 Å². The number of anilines is 1. The molecule has 2 aromatic rings. The van der Waals surface area contributed by atoms with Crippen LogP contribution in [0.15, 0.2) is 36.4 Å². The van der Waals surface area contributed by atoms with Crippen molar-refractivity contribution in [2.75, 3.05) is 18.5 Å². The number of ether oxygens (including phenoxy) is 1. The molecule has 2 aromatic carbocycles. The fraction of sp³-hybridized carbons (Fsp3) is 0.263. The van der Waals surface area contributed by atoms with Gasteiger partial charge in [-0.1, -0.05) is 18.5 Å². The Labute approximate surface area is 174 Å². The van der Waals surface area contributed by atoms with E-state index >= 15 is 0 Å². The third-order valence-corrected chi connectivity index (χ3v) is 4.16. The van der Waals surface area contributed by atoms with Gasteiger partial charge in [0.05, 0.1) is 6.61 Å². The summed E-state index contributed by atoms with van der Waals surface area (Å²) in [4.78, 5) is 12.0. The normalized spacial score (nSPS) is 11.2. The van der Waals surface area contributed by atoms with Gasteiger partial charge in [0, 0.05) is 21.8 Å². The molecule has 0 aliphatic carbocycles. The topological polar surface area (TPSA) is 129 Å². The maximum absolute atomic E-state index is 12.0. The molecule has 0 radical (unpaired) electrons. The third kappa shape index (κ3) is 5.76. The maximum Gasteiger partial charge on any atom is 0.330 e. The number of hydrogen-bond acceptors (Lipinski definition) is 5. The standard InChI is InChI=1S/C19H22ClN3O4.ClH/c1-2-11-9-13(20)10-15(17(11)27-8-7-24)16(19(25)26)23-14-5-3-12(4-6-14)18(21)22;/h3-6,9-10,16,23-24H,2,7-8H2,1H3,(H3,21,22)(H,25,26);1H. The second kappa shape index (κ2) is 10.8. The van der Waals surface area contributed by atoms with Crippen molar-refractivity contribution in [3.63, 3.8) is 0 Å². The number of nitrogen functional groups attached to an aromatic ring is 1. The largest absolute Gasteiger partial charge is 0.491 e. The van der Waals surface area contributed by atoms with Crippen molar-refractivity contribution in [2.24, 2.45) is 5.73 Å². The van der Waals surface area contributed by atoms with Crippen LogP contribution in [0.5, 0.6) is 5.75 Å². The minimum atomic E-state index is -1.12. The number of aliphatic hydroxyl groups excluding tert-OH is 1. The summed E-state index contributed by atoms with van der Waals surface area (Å²) in [5, 5.41) is 29.6. The molecular weight excluding hydrogens is 405 g/mol. The minimum absolute atomic E-state index is 0. The zero-order valence-corrected chi connectivity index (χ0v) is 16.8. The van der Waals surface area contributed by atoms with Gasteiger partial charge < -0.3 is 26.0 Å². The van der Waals surface area contributed by atoms with E-state index in [0.717, 1.165) is 5.56 Å². The van der Waals surface area contributed by atoms with E-state index in [1.807, 2.05) is 6.92 Å². The first-order chi connectivity index (χ1) is 12.9. The van der Waals surface area contributed by atoms with E-state index in [2.05, 4.69) is 5.32 Å². The van der Waals surface area contributed by atoms with Gasteiger partial charge in [-0.25, -0.2) is 4.79 Å². The Kier molecular flexibility index (Phi) is 9.05. The number of aryl methyl sites for hydroxylation is 1. The molecule has 7 nitrogen and oxygen atoms in total. The highest BCUT2D eigenvalue weighted by Gasteiger charge is 2.26. The summed E-state index contributed by atoms with van der Waals surface area (Å²) >= 11 is 6.18. The summed E-state index contributed by atoms with van der Waals surface area (Å²) in [5.74, 6) is -0.779. The maximum atomic E-state index is 12.0. The molecule has 1 unspecified atom stereocenters. The van der Waals surface area contributed by atoms with Crippen LogP contribution >= 0.6 is 24.0 Å². The molecule has 152 valence electrons. The predicted octanol–water partition coefficient (Wildman–Crippen LogP) is 3.22. The zero-order valence-electron chi connectivity index (χ0n) is 15.2. The van der Waals surface area contributed by atoms with Gasteiger partial charge in [0.2, 0.25) is 0 Å². The Balaban J connectivity index is 0.00000392. The highest BCUT2D eigenvalue weighted by molar-refractivity contribution is 6.30. The number of carbonyl (C=O) groups is 1. The lowest BCUT2D eigenvalue weighted by atomic mass is 10.00. The second-order valence-corrected chi connectivity index (χ2v) is 6.25. The van der Waals surface area contributed by atoms with Gasteiger partial charge in [-0.05, 0) is 48.4 Å². The van der Waals surface area contributed by atoms with Crippen LogP contribution in [0.2, 0.25) is 5.02 Å². The molecule has 28 heavy (non-hydrogen) atoms. The van der Waals surface area contributed by atoms with Crippen LogP contribution in [-0.2, 0) is 11.2 Å². The van der Waals surface area contributed by atoms with Crippen LogP contribution < -0.4 is 15.8 Å². The number of benzene rings is 2. The van der Waals surface area contributed by atoms with E-state index in [9.17, 15) is 9.90 Å². The highest BCUT2D eigenvalue weighted by Crippen LogP contribution is 2.35. The molecule has 2 rings (SSSR count). The molecule has 1 atom stereocenters. The average Bonchev–Trinajstić information content (AvgIpc) is 2.64. The molecule has 0 aromatic heterocycles. The molecule has 0 aliphatic heterocycles. The number of nitrogens with two attached hydrogens (primary N) is 1. The number of rotatable bonds is 9. The fourth-order valence-electron chi connectivity index (χ4n) is 2.66. The zero-order chi connectivity index (χ0) is 20.0. The van der Waals surface area contributed by atoms with Gasteiger partial charge in [0.25, 0.3) is 0 Å². The van der Waals surface area contributed by atoms with Gasteiger partial charge in [-0.15, -0.1) is 12.4 Å². The molecule has 0 saturated carbocycles. The van der Waals surface area contributed by atoms with Gasteiger partial charge in [-0.3, -0.25) is 5.41 Å². The van der Waals surface area contributed by atoms with E-state index < -0.39 is 12.0 Å². The van der Waals surface area contributed by atoms with Crippen molar-refractivity contribution in [1.82, 2.24) is 0 Å². The van der Waals surface area contributed by atoms with Gasteiger partial charge >= 0.3 is 5.97 Å². The Bertz CT molecular complexity index is 829. The van der Waals surface area contributed by atoms with Crippen LogP contribution in [0.3, 0.4) is 0 Å². The fourth-order valence-corrected chi connectivity index (χ4v) is 2.91. The Hall–Kier alpha value is -2.48. The van der Waals surface area contributed by atoms with Crippen LogP contribution in [0.4, 0.5) is 5.69 Å². The number of amidine groups is 1. The third-order valence-electron chi connectivity index (χ3n) is 3.94. The van der Waals surface area contributed by atoms with Crippen LogP contribution in [0.25, 0.3) is 0 Å². The number of hydrogen-bond donors (Lipinski definition) is 5. The van der Waals surface area contributed by atoms with E-state index in [-0.39, 0.29) is 31.5 Å². The molecular formula is C19H23Cl2N3O4. The lowest BCUT2D eigenvalue weighted by molar-refractivity contribution is -0.138. The predicted molar refractivity (Wildman–Crippen MR) is 112 cm³/mol.